The highest BCUT2D eigenvalue weighted by atomic mass is 127. The lowest BCUT2D eigenvalue weighted by Crippen LogP contribution is -2.52. The van der Waals surface area contributed by atoms with Gasteiger partial charge in [0.05, 0.1) is 19.8 Å². The number of rotatable bonds is 5. The predicted molar refractivity (Wildman–Crippen MR) is 123 cm³/mol. The van der Waals surface area contributed by atoms with Crippen molar-refractivity contribution in [2.45, 2.75) is 58.0 Å². The highest BCUT2D eigenvalue weighted by Gasteiger charge is 2.31. The average molecular weight is 493 g/mol. The zero-order chi connectivity index (χ0) is 18.4. The molecule has 3 fully saturated rings. The fraction of sp³-hybridized carbons (Fsp3) is 0.950. The van der Waals surface area contributed by atoms with Crippen LogP contribution in [0.1, 0.15) is 46.5 Å². The highest BCUT2D eigenvalue weighted by Crippen LogP contribution is 2.21. The summed E-state index contributed by atoms with van der Waals surface area (Å²) >= 11 is 0. The van der Waals surface area contributed by atoms with Crippen LogP contribution >= 0.6 is 24.0 Å². The molecule has 27 heavy (non-hydrogen) atoms. The lowest BCUT2D eigenvalue weighted by Gasteiger charge is -2.40. The second-order valence-corrected chi connectivity index (χ2v) is 8.57. The Labute approximate surface area is 183 Å². The van der Waals surface area contributed by atoms with E-state index in [9.17, 15) is 0 Å². The Bertz CT molecular complexity index is 461. The van der Waals surface area contributed by atoms with Crippen LogP contribution in [0.4, 0.5) is 0 Å². The summed E-state index contributed by atoms with van der Waals surface area (Å²) in [5.41, 5.74) is 0.0798. The van der Waals surface area contributed by atoms with Crippen LogP contribution in [0, 0.1) is 0 Å². The number of nitrogens with zero attached hydrogens (tertiary/aromatic N) is 4. The maximum absolute atomic E-state index is 5.51. The zero-order valence-corrected chi connectivity index (χ0v) is 19.9. The van der Waals surface area contributed by atoms with Crippen LogP contribution in [0.15, 0.2) is 4.99 Å². The number of nitrogens with one attached hydrogen (secondary N) is 1. The first-order valence-electron chi connectivity index (χ1n) is 10.7. The molecule has 158 valence electrons. The van der Waals surface area contributed by atoms with Crippen LogP contribution in [0.2, 0.25) is 0 Å². The molecule has 0 amide bonds. The topological polar surface area (TPSA) is 43.3 Å². The summed E-state index contributed by atoms with van der Waals surface area (Å²) in [7, 11) is 0. The Morgan fingerprint density at radius 1 is 1.07 bits per heavy atom. The van der Waals surface area contributed by atoms with Gasteiger partial charge in [-0.15, -0.1) is 24.0 Å². The molecule has 0 saturated carbocycles. The summed E-state index contributed by atoms with van der Waals surface area (Å²) in [6.45, 7) is 17.1. The first-order chi connectivity index (χ1) is 12.6. The number of ether oxygens (including phenoxy) is 1. The van der Waals surface area contributed by atoms with Crippen molar-refractivity contribution in [2.75, 3.05) is 65.6 Å². The third-order valence-corrected chi connectivity index (χ3v) is 6.19. The number of hydrogen-bond acceptors (Lipinski definition) is 4. The lowest BCUT2D eigenvalue weighted by atomic mass is 10.0. The van der Waals surface area contributed by atoms with Gasteiger partial charge in [-0.05, 0) is 53.1 Å². The van der Waals surface area contributed by atoms with Crippen LogP contribution in [-0.4, -0.2) is 97.8 Å². The average Bonchev–Trinajstić information content (AvgIpc) is 3.16. The van der Waals surface area contributed by atoms with Crippen molar-refractivity contribution in [3.05, 3.63) is 0 Å². The molecule has 6 nitrogen and oxygen atoms in total. The summed E-state index contributed by atoms with van der Waals surface area (Å²) < 4.78 is 5.51. The normalized spacial score (nSPS) is 26.1. The van der Waals surface area contributed by atoms with Crippen LogP contribution in [0.5, 0.6) is 0 Å². The molecule has 0 radical (unpaired) electrons. The molecule has 0 spiro atoms. The molecule has 0 aromatic heterocycles. The summed E-state index contributed by atoms with van der Waals surface area (Å²) in [5, 5.41) is 3.54. The van der Waals surface area contributed by atoms with Gasteiger partial charge in [0.2, 0.25) is 0 Å². The number of likely N-dealkylation sites (tertiary alicyclic amines) is 2. The van der Waals surface area contributed by atoms with E-state index in [1.165, 1.54) is 38.8 Å². The molecule has 3 heterocycles. The summed E-state index contributed by atoms with van der Waals surface area (Å²) in [5.74, 6) is 1.10. The summed E-state index contributed by atoms with van der Waals surface area (Å²) in [6, 6.07) is 0.714. The molecular weight excluding hydrogens is 453 g/mol. The fourth-order valence-corrected chi connectivity index (χ4v) is 4.48. The van der Waals surface area contributed by atoms with Gasteiger partial charge in [0.15, 0.2) is 5.96 Å². The number of hydrogen-bond donors (Lipinski definition) is 1. The van der Waals surface area contributed by atoms with E-state index in [1.807, 2.05) is 0 Å². The Kier molecular flexibility index (Phi) is 9.58. The minimum absolute atomic E-state index is 0. The number of piperidine rings is 1. The van der Waals surface area contributed by atoms with Gasteiger partial charge in [0.1, 0.15) is 0 Å². The smallest absolute Gasteiger partial charge is 0.194 e. The van der Waals surface area contributed by atoms with Crippen LogP contribution in [0.25, 0.3) is 0 Å². The van der Waals surface area contributed by atoms with Gasteiger partial charge >= 0.3 is 0 Å². The van der Waals surface area contributed by atoms with Gasteiger partial charge in [-0.3, -0.25) is 14.8 Å². The number of morpholine rings is 1. The Morgan fingerprint density at radius 2 is 1.78 bits per heavy atom. The van der Waals surface area contributed by atoms with E-state index in [4.69, 9.17) is 9.73 Å². The lowest BCUT2D eigenvalue weighted by molar-refractivity contribution is -0.00688. The van der Waals surface area contributed by atoms with Gasteiger partial charge in [-0.2, -0.15) is 0 Å². The maximum atomic E-state index is 5.51. The second-order valence-electron chi connectivity index (χ2n) is 8.57. The minimum Gasteiger partial charge on any atom is -0.379 e. The predicted octanol–water partition coefficient (Wildman–Crippen LogP) is 2.24. The molecule has 0 aromatic rings. The molecule has 0 aromatic carbocycles. The quantitative estimate of drug-likeness (QED) is 0.362. The van der Waals surface area contributed by atoms with Gasteiger partial charge in [-0.25, -0.2) is 0 Å². The van der Waals surface area contributed by atoms with Gasteiger partial charge in [0.25, 0.3) is 0 Å². The minimum atomic E-state index is 0. The number of halogens is 1. The molecule has 3 saturated heterocycles. The van der Waals surface area contributed by atoms with Gasteiger partial charge in [-0.1, -0.05) is 6.42 Å². The molecule has 1 N–H and O–H groups in total. The third-order valence-electron chi connectivity index (χ3n) is 6.19. The molecule has 3 rings (SSSR count). The van der Waals surface area contributed by atoms with Crippen molar-refractivity contribution in [2.24, 2.45) is 4.99 Å². The molecular formula is C20H40IN5O. The molecule has 0 bridgehead atoms. The monoisotopic (exact) mass is 493 g/mol. The van der Waals surface area contributed by atoms with Crippen LogP contribution in [0.3, 0.4) is 0 Å². The SMILES string of the molecule is CCNC(=NCC(C)(C)N1CCOCC1)N1CCC(N2CCCCC2)C1.I. The first-order valence-corrected chi connectivity index (χ1v) is 10.7. The van der Waals surface area contributed by atoms with Crippen molar-refractivity contribution in [1.29, 1.82) is 0 Å². The Hall–Kier alpha value is -0.120. The molecule has 3 aliphatic rings. The molecule has 1 unspecified atom stereocenters. The van der Waals surface area contributed by atoms with Crippen molar-refractivity contribution in [1.82, 2.24) is 20.0 Å². The third kappa shape index (κ3) is 6.44. The largest absolute Gasteiger partial charge is 0.379 e. The van der Waals surface area contributed by atoms with Crippen LogP contribution in [-0.2, 0) is 4.74 Å². The summed E-state index contributed by atoms with van der Waals surface area (Å²) in [4.78, 5) is 12.8. The number of aliphatic imine (C=N–C) groups is 1. The summed E-state index contributed by atoms with van der Waals surface area (Å²) in [6.07, 6.45) is 5.43. The molecule has 0 aliphatic carbocycles. The maximum Gasteiger partial charge on any atom is 0.194 e. The van der Waals surface area contributed by atoms with Gasteiger partial charge < -0.3 is 15.0 Å². The second kappa shape index (κ2) is 11.2. The van der Waals surface area contributed by atoms with E-state index in [-0.39, 0.29) is 29.5 Å². The van der Waals surface area contributed by atoms with Crippen molar-refractivity contribution < 1.29 is 4.74 Å². The van der Waals surface area contributed by atoms with E-state index >= 15 is 0 Å². The van der Waals surface area contributed by atoms with E-state index in [0.29, 0.717) is 6.04 Å². The van der Waals surface area contributed by atoms with E-state index in [2.05, 4.69) is 40.8 Å². The van der Waals surface area contributed by atoms with Gasteiger partial charge in [0, 0.05) is 44.3 Å². The zero-order valence-electron chi connectivity index (χ0n) is 17.6. The van der Waals surface area contributed by atoms with Crippen molar-refractivity contribution in [3.63, 3.8) is 0 Å². The highest BCUT2D eigenvalue weighted by molar-refractivity contribution is 14.0. The molecule has 7 heteroatoms. The van der Waals surface area contributed by atoms with Crippen LogP contribution < -0.4 is 5.32 Å². The van der Waals surface area contributed by atoms with Crippen molar-refractivity contribution >= 4 is 29.9 Å². The number of guanidine groups is 1. The standard InChI is InChI=1S/C20H39N5O.HI/c1-4-21-19(22-17-20(2,3)25-12-14-26-15-13-25)24-11-8-18(16-24)23-9-6-5-7-10-23;/h18H,4-17H2,1-3H3,(H,21,22);1H. The van der Waals surface area contributed by atoms with E-state index in [1.54, 1.807) is 0 Å². The van der Waals surface area contributed by atoms with E-state index in [0.717, 1.165) is 58.4 Å². The Balaban J connectivity index is 0.00000261. The molecule has 1 atom stereocenters. The van der Waals surface area contributed by atoms with Crippen molar-refractivity contribution in [3.8, 4) is 0 Å². The molecule has 3 aliphatic heterocycles. The Morgan fingerprint density at radius 3 is 2.44 bits per heavy atom. The van der Waals surface area contributed by atoms with E-state index < -0.39 is 0 Å². The fourth-order valence-electron chi connectivity index (χ4n) is 4.48. The first kappa shape index (κ1) is 23.2.